The van der Waals surface area contributed by atoms with Gasteiger partial charge in [0, 0.05) is 19.6 Å². The minimum absolute atomic E-state index is 0. The first-order valence-electron chi connectivity index (χ1n) is 7.00. The minimum Gasteiger partial charge on any atom is -0.465 e. The molecule has 0 bridgehead atoms. The third-order valence-corrected chi connectivity index (χ3v) is 3.38. The number of aliphatic imine (C=N–C) groups is 1. The maximum Gasteiger partial charge on any atom is 0.337 e. The smallest absolute Gasteiger partial charge is 0.337 e. The number of hydrogen-bond acceptors (Lipinski definition) is 4. The fourth-order valence-electron chi connectivity index (χ4n) is 2.12. The number of guanidine groups is 1. The Labute approximate surface area is 147 Å². The van der Waals surface area contributed by atoms with E-state index in [0.29, 0.717) is 31.3 Å². The molecule has 1 aliphatic rings. The van der Waals surface area contributed by atoms with Crippen LogP contribution < -0.4 is 5.73 Å². The predicted octanol–water partition coefficient (Wildman–Crippen LogP) is 1.28. The van der Waals surface area contributed by atoms with Crippen LogP contribution in [0.4, 0.5) is 0 Å². The monoisotopic (exact) mass is 419 g/mol. The maximum atomic E-state index is 11.3. The van der Waals surface area contributed by atoms with Crippen LogP contribution in [-0.2, 0) is 15.9 Å². The molecule has 0 radical (unpaired) electrons. The van der Waals surface area contributed by atoms with Crippen molar-refractivity contribution in [2.45, 2.75) is 6.42 Å². The van der Waals surface area contributed by atoms with Gasteiger partial charge in [0.2, 0.25) is 0 Å². The molecule has 1 aliphatic heterocycles. The largest absolute Gasteiger partial charge is 0.465 e. The molecule has 0 saturated carbocycles. The molecule has 22 heavy (non-hydrogen) atoms. The van der Waals surface area contributed by atoms with Crippen LogP contribution in [0.1, 0.15) is 15.9 Å². The molecule has 122 valence electrons. The second-order valence-corrected chi connectivity index (χ2v) is 4.78. The van der Waals surface area contributed by atoms with Crippen molar-refractivity contribution in [2.75, 3.05) is 40.0 Å². The van der Waals surface area contributed by atoms with Crippen LogP contribution in [-0.4, -0.2) is 56.8 Å². The Kier molecular flexibility index (Phi) is 8.18. The zero-order valence-corrected chi connectivity index (χ0v) is 15.0. The number of carbonyl (C=O) groups excluding carboxylic acids is 1. The Morgan fingerprint density at radius 3 is 2.55 bits per heavy atom. The average Bonchev–Trinajstić information content (AvgIpc) is 2.55. The van der Waals surface area contributed by atoms with Crippen LogP contribution in [0.25, 0.3) is 0 Å². The fourth-order valence-corrected chi connectivity index (χ4v) is 2.12. The Morgan fingerprint density at radius 1 is 1.32 bits per heavy atom. The fraction of sp³-hybridized carbons (Fsp3) is 0.467. The van der Waals surface area contributed by atoms with Gasteiger partial charge in [0.25, 0.3) is 0 Å². The normalized spacial score (nSPS) is 15.1. The van der Waals surface area contributed by atoms with Gasteiger partial charge >= 0.3 is 5.97 Å². The third-order valence-electron chi connectivity index (χ3n) is 3.38. The van der Waals surface area contributed by atoms with Crippen molar-refractivity contribution in [1.29, 1.82) is 0 Å². The topological polar surface area (TPSA) is 77.1 Å². The number of nitrogens with two attached hydrogens (primary N) is 1. The summed E-state index contributed by atoms with van der Waals surface area (Å²) in [6.07, 6.45) is 0.784. The number of nitrogens with zero attached hydrogens (tertiary/aromatic N) is 2. The van der Waals surface area contributed by atoms with E-state index >= 15 is 0 Å². The van der Waals surface area contributed by atoms with E-state index in [-0.39, 0.29) is 29.9 Å². The first-order valence-corrected chi connectivity index (χ1v) is 7.00. The highest BCUT2D eigenvalue weighted by Crippen LogP contribution is 2.06. The molecule has 7 heteroatoms. The van der Waals surface area contributed by atoms with E-state index in [1.165, 1.54) is 7.11 Å². The zero-order chi connectivity index (χ0) is 15.1. The SMILES string of the molecule is COC(=O)c1ccc(CCN=C(N)N2CCOCC2)cc1.I. The van der Waals surface area contributed by atoms with Gasteiger partial charge in [-0.1, -0.05) is 12.1 Å². The lowest BCUT2D eigenvalue weighted by Gasteiger charge is -2.27. The Balaban J connectivity index is 0.00000242. The molecule has 2 N–H and O–H groups in total. The number of methoxy groups -OCH3 is 1. The third kappa shape index (κ3) is 5.45. The van der Waals surface area contributed by atoms with Crippen molar-refractivity contribution >= 4 is 35.9 Å². The summed E-state index contributed by atoms with van der Waals surface area (Å²) in [6.45, 7) is 3.61. The van der Waals surface area contributed by atoms with Gasteiger partial charge in [-0.2, -0.15) is 0 Å². The molecule has 1 aromatic carbocycles. The molecular formula is C15H22IN3O3. The van der Waals surface area contributed by atoms with Crippen LogP contribution in [0.5, 0.6) is 0 Å². The van der Waals surface area contributed by atoms with Gasteiger partial charge < -0.3 is 20.1 Å². The molecule has 6 nitrogen and oxygen atoms in total. The number of carbonyl (C=O) groups is 1. The molecule has 0 aromatic heterocycles. The summed E-state index contributed by atoms with van der Waals surface area (Å²) < 4.78 is 9.94. The number of ether oxygens (including phenoxy) is 2. The van der Waals surface area contributed by atoms with E-state index < -0.39 is 0 Å². The molecule has 1 fully saturated rings. The lowest BCUT2D eigenvalue weighted by atomic mass is 10.1. The van der Waals surface area contributed by atoms with Crippen molar-refractivity contribution < 1.29 is 14.3 Å². The summed E-state index contributed by atoms with van der Waals surface area (Å²) in [5.74, 6) is 0.251. The summed E-state index contributed by atoms with van der Waals surface area (Å²) in [5.41, 5.74) is 7.62. The van der Waals surface area contributed by atoms with Gasteiger partial charge in [-0.25, -0.2) is 4.79 Å². The van der Waals surface area contributed by atoms with Crippen molar-refractivity contribution in [3.8, 4) is 0 Å². The number of morpholine rings is 1. The second kappa shape index (κ2) is 9.62. The Morgan fingerprint density at radius 2 is 1.95 bits per heavy atom. The van der Waals surface area contributed by atoms with Crippen LogP contribution in [0, 0.1) is 0 Å². The van der Waals surface area contributed by atoms with Gasteiger partial charge in [-0.15, -0.1) is 24.0 Å². The molecule has 1 aromatic rings. The van der Waals surface area contributed by atoms with Crippen LogP contribution >= 0.6 is 24.0 Å². The molecule has 1 heterocycles. The zero-order valence-electron chi connectivity index (χ0n) is 12.7. The van der Waals surface area contributed by atoms with Crippen LogP contribution in [0.3, 0.4) is 0 Å². The van der Waals surface area contributed by atoms with Crippen molar-refractivity contribution in [3.63, 3.8) is 0 Å². The highest BCUT2D eigenvalue weighted by atomic mass is 127. The van der Waals surface area contributed by atoms with E-state index in [1.807, 2.05) is 17.0 Å². The highest BCUT2D eigenvalue weighted by Gasteiger charge is 2.11. The second-order valence-electron chi connectivity index (χ2n) is 4.78. The minimum atomic E-state index is -0.323. The summed E-state index contributed by atoms with van der Waals surface area (Å²) in [6, 6.07) is 7.34. The van der Waals surface area contributed by atoms with Gasteiger partial charge in [0.15, 0.2) is 5.96 Å². The van der Waals surface area contributed by atoms with Crippen LogP contribution in [0.15, 0.2) is 29.3 Å². The lowest BCUT2D eigenvalue weighted by Crippen LogP contribution is -2.44. The summed E-state index contributed by atoms with van der Waals surface area (Å²) in [7, 11) is 1.37. The molecule has 0 unspecified atom stereocenters. The first-order chi connectivity index (χ1) is 10.2. The van der Waals surface area contributed by atoms with Gasteiger partial charge in [-0.05, 0) is 24.1 Å². The molecule has 0 atom stereocenters. The molecule has 0 spiro atoms. The lowest BCUT2D eigenvalue weighted by molar-refractivity contribution is 0.0600. The van der Waals surface area contributed by atoms with E-state index in [4.69, 9.17) is 10.5 Å². The predicted molar refractivity (Wildman–Crippen MR) is 95.8 cm³/mol. The summed E-state index contributed by atoms with van der Waals surface area (Å²) in [5, 5.41) is 0. The van der Waals surface area contributed by atoms with Crippen LogP contribution in [0.2, 0.25) is 0 Å². The average molecular weight is 419 g/mol. The van der Waals surface area contributed by atoms with Gasteiger partial charge in [0.05, 0.1) is 25.9 Å². The van der Waals surface area contributed by atoms with Crippen molar-refractivity contribution in [3.05, 3.63) is 35.4 Å². The maximum absolute atomic E-state index is 11.3. The van der Waals surface area contributed by atoms with Crippen molar-refractivity contribution in [2.24, 2.45) is 10.7 Å². The highest BCUT2D eigenvalue weighted by molar-refractivity contribution is 14.0. The standard InChI is InChI=1S/C15H21N3O3.HI/c1-20-14(19)13-4-2-12(3-5-13)6-7-17-15(16)18-8-10-21-11-9-18;/h2-5H,6-11H2,1H3,(H2,16,17);1H. The Hall–Kier alpha value is -1.35. The number of esters is 1. The molecule has 1 saturated heterocycles. The number of hydrogen-bond donors (Lipinski definition) is 1. The Bertz CT molecular complexity index is 499. The summed E-state index contributed by atoms with van der Waals surface area (Å²) >= 11 is 0. The molecule has 2 rings (SSSR count). The molecular weight excluding hydrogens is 397 g/mol. The van der Waals surface area contributed by atoms with Gasteiger partial charge in [0.1, 0.15) is 0 Å². The molecule has 0 amide bonds. The van der Waals surface area contributed by atoms with E-state index in [0.717, 1.165) is 25.1 Å². The van der Waals surface area contributed by atoms with E-state index in [9.17, 15) is 4.79 Å². The van der Waals surface area contributed by atoms with E-state index in [1.54, 1.807) is 12.1 Å². The quantitative estimate of drug-likeness (QED) is 0.345. The first kappa shape index (κ1) is 18.7. The number of halogens is 1. The summed E-state index contributed by atoms with van der Waals surface area (Å²) in [4.78, 5) is 17.7. The molecule has 0 aliphatic carbocycles. The van der Waals surface area contributed by atoms with E-state index in [2.05, 4.69) is 9.73 Å². The van der Waals surface area contributed by atoms with Crippen molar-refractivity contribution in [1.82, 2.24) is 4.90 Å². The number of rotatable bonds is 4. The number of benzene rings is 1. The van der Waals surface area contributed by atoms with Gasteiger partial charge in [-0.3, -0.25) is 4.99 Å².